The van der Waals surface area contributed by atoms with Crippen LogP contribution in [0.2, 0.25) is 0 Å². The van der Waals surface area contributed by atoms with E-state index in [1.807, 2.05) is 4.90 Å². The first-order valence-electron chi connectivity index (χ1n) is 7.22. The predicted octanol–water partition coefficient (Wildman–Crippen LogP) is 0.881. The van der Waals surface area contributed by atoms with Gasteiger partial charge in [0.15, 0.2) is 0 Å². The van der Waals surface area contributed by atoms with Crippen LogP contribution in [0.5, 0.6) is 0 Å². The molecule has 110 valence electrons. The van der Waals surface area contributed by atoms with Crippen molar-refractivity contribution >= 4 is 6.03 Å². The van der Waals surface area contributed by atoms with Gasteiger partial charge in [0.1, 0.15) is 0 Å². The van der Waals surface area contributed by atoms with Gasteiger partial charge in [-0.25, -0.2) is 4.79 Å². The van der Waals surface area contributed by atoms with Gasteiger partial charge in [0.25, 0.3) is 0 Å². The maximum absolute atomic E-state index is 11.8. The third-order valence-electron chi connectivity index (χ3n) is 4.80. The van der Waals surface area contributed by atoms with E-state index in [2.05, 4.69) is 19.2 Å². The molecule has 2 fully saturated rings. The highest BCUT2D eigenvalue weighted by molar-refractivity contribution is 5.73. The number of likely N-dealkylation sites (tertiary alicyclic amines) is 1. The van der Waals surface area contributed by atoms with Gasteiger partial charge in [-0.3, -0.25) is 0 Å². The van der Waals surface area contributed by atoms with Crippen molar-refractivity contribution in [3.8, 4) is 0 Å². The molecular formula is C14H27N3O2. The standard InChI is InChI=1S/C14H27N3O2/c1-14(2)11(9-12(14)18)15-10-5-7-17(8-6-10)13(19)16(3)4/h10-12,15,18H,5-9H2,1-4H3. The van der Waals surface area contributed by atoms with Gasteiger partial charge in [0.05, 0.1) is 6.10 Å². The SMILES string of the molecule is CN(C)C(=O)N1CCC(NC2CC(O)C2(C)C)CC1. The van der Waals surface area contributed by atoms with Crippen LogP contribution < -0.4 is 5.32 Å². The van der Waals surface area contributed by atoms with Crippen molar-refractivity contribution in [2.75, 3.05) is 27.2 Å². The van der Waals surface area contributed by atoms with Crippen molar-refractivity contribution in [3.05, 3.63) is 0 Å². The summed E-state index contributed by atoms with van der Waals surface area (Å²) in [6.07, 6.45) is 2.68. The monoisotopic (exact) mass is 269 g/mol. The summed E-state index contributed by atoms with van der Waals surface area (Å²) >= 11 is 0. The fourth-order valence-electron chi connectivity index (χ4n) is 2.99. The number of carbonyl (C=O) groups is 1. The Bertz CT molecular complexity index is 336. The van der Waals surface area contributed by atoms with Crippen molar-refractivity contribution in [1.29, 1.82) is 0 Å². The number of amides is 2. The lowest BCUT2D eigenvalue weighted by Gasteiger charge is -2.51. The van der Waals surface area contributed by atoms with Gasteiger partial charge in [-0.2, -0.15) is 0 Å². The van der Waals surface area contributed by atoms with E-state index in [4.69, 9.17) is 0 Å². The van der Waals surface area contributed by atoms with Gasteiger partial charge >= 0.3 is 6.03 Å². The smallest absolute Gasteiger partial charge is 0.319 e. The van der Waals surface area contributed by atoms with Gasteiger partial charge in [-0.05, 0) is 19.3 Å². The Labute approximate surface area is 115 Å². The Morgan fingerprint density at radius 2 is 1.89 bits per heavy atom. The van der Waals surface area contributed by atoms with Crippen LogP contribution in [0.15, 0.2) is 0 Å². The minimum absolute atomic E-state index is 0.0173. The molecule has 1 heterocycles. The number of nitrogens with one attached hydrogen (secondary N) is 1. The van der Waals surface area contributed by atoms with E-state index < -0.39 is 0 Å². The first kappa shape index (κ1) is 14.6. The molecule has 1 saturated heterocycles. The Morgan fingerprint density at radius 3 is 2.32 bits per heavy atom. The number of piperidine rings is 1. The van der Waals surface area contributed by atoms with Crippen LogP contribution in [0.3, 0.4) is 0 Å². The summed E-state index contributed by atoms with van der Waals surface area (Å²) < 4.78 is 0. The van der Waals surface area contributed by atoms with Crippen LogP contribution in [-0.2, 0) is 0 Å². The summed E-state index contributed by atoms with van der Waals surface area (Å²) in [5, 5.41) is 13.4. The molecule has 1 aliphatic carbocycles. The molecule has 0 aromatic rings. The molecule has 5 heteroatoms. The normalized spacial score (nSPS) is 30.9. The Morgan fingerprint density at radius 1 is 1.32 bits per heavy atom. The summed E-state index contributed by atoms with van der Waals surface area (Å²) in [5.74, 6) is 0. The Balaban J connectivity index is 1.77. The van der Waals surface area contributed by atoms with Crippen LogP contribution in [-0.4, -0.2) is 66.3 Å². The van der Waals surface area contributed by atoms with Gasteiger partial charge in [0.2, 0.25) is 0 Å². The van der Waals surface area contributed by atoms with E-state index >= 15 is 0 Å². The minimum Gasteiger partial charge on any atom is -0.392 e. The third kappa shape index (κ3) is 2.87. The number of hydrogen-bond donors (Lipinski definition) is 2. The highest BCUT2D eigenvalue weighted by Crippen LogP contribution is 2.41. The topological polar surface area (TPSA) is 55.8 Å². The molecular weight excluding hydrogens is 242 g/mol. The van der Waals surface area contributed by atoms with Crippen molar-refractivity contribution in [3.63, 3.8) is 0 Å². The average molecular weight is 269 g/mol. The van der Waals surface area contributed by atoms with Gasteiger partial charge in [-0.15, -0.1) is 0 Å². The van der Waals surface area contributed by atoms with Crippen LogP contribution >= 0.6 is 0 Å². The lowest BCUT2D eigenvalue weighted by Crippen LogP contribution is -2.63. The summed E-state index contributed by atoms with van der Waals surface area (Å²) in [7, 11) is 3.59. The molecule has 0 bridgehead atoms. The molecule has 19 heavy (non-hydrogen) atoms. The van der Waals surface area contributed by atoms with Crippen molar-refractivity contribution in [2.45, 2.75) is 51.3 Å². The largest absolute Gasteiger partial charge is 0.392 e. The molecule has 2 atom stereocenters. The summed E-state index contributed by atoms with van der Waals surface area (Å²) in [6.45, 7) is 5.88. The van der Waals surface area contributed by atoms with E-state index in [0.717, 1.165) is 32.4 Å². The number of aliphatic hydroxyl groups is 1. The number of aliphatic hydroxyl groups excluding tert-OH is 1. The van der Waals surface area contributed by atoms with Crippen molar-refractivity contribution in [1.82, 2.24) is 15.1 Å². The Hall–Kier alpha value is -0.810. The van der Waals surface area contributed by atoms with Crippen LogP contribution in [0.25, 0.3) is 0 Å². The van der Waals surface area contributed by atoms with Gasteiger partial charge in [0, 0.05) is 44.7 Å². The minimum atomic E-state index is -0.180. The summed E-state index contributed by atoms with van der Waals surface area (Å²) in [4.78, 5) is 15.4. The molecule has 0 aromatic heterocycles. The zero-order valence-corrected chi connectivity index (χ0v) is 12.5. The predicted molar refractivity (Wildman–Crippen MR) is 75.0 cm³/mol. The van der Waals surface area contributed by atoms with E-state index in [9.17, 15) is 9.90 Å². The van der Waals surface area contributed by atoms with E-state index in [1.54, 1.807) is 19.0 Å². The number of nitrogens with zero attached hydrogens (tertiary/aromatic N) is 2. The number of urea groups is 1. The lowest BCUT2D eigenvalue weighted by molar-refractivity contribution is -0.0774. The fourth-order valence-corrected chi connectivity index (χ4v) is 2.99. The van der Waals surface area contributed by atoms with E-state index in [0.29, 0.717) is 12.1 Å². The average Bonchev–Trinajstić information content (AvgIpc) is 2.38. The first-order valence-corrected chi connectivity index (χ1v) is 7.22. The van der Waals surface area contributed by atoms with Crippen molar-refractivity contribution in [2.24, 2.45) is 5.41 Å². The Kier molecular flexibility index (Phi) is 4.06. The maximum Gasteiger partial charge on any atom is 0.319 e. The van der Waals surface area contributed by atoms with Crippen molar-refractivity contribution < 1.29 is 9.90 Å². The molecule has 0 spiro atoms. The highest BCUT2D eigenvalue weighted by atomic mass is 16.3. The molecule has 2 amide bonds. The number of hydrogen-bond acceptors (Lipinski definition) is 3. The fraction of sp³-hybridized carbons (Fsp3) is 0.929. The van der Waals surface area contributed by atoms with Crippen LogP contribution in [0.4, 0.5) is 4.79 Å². The second kappa shape index (κ2) is 5.29. The number of rotatable bonds is 2. The molecule has 1 aliphatic heterocycles. The third-order valence-corrected chi connectivity index (χ3v) is 4.80. The summed E-state index contributed by atoms with van der Waals surface area (Å²) in [5.41, 5.74) is -0.0173. The maximum atomic E-state index is 11.8. The quantitative estimate of drug-likeness (QED) is 0.782. The second-order valence-electron chi connectivity index (χ2n) is 6.73. The molecule has 1 saturated carbocycles. The molecule has 2 N–H and O–H groups in total. The van der Waals surface area contributed by atoms with Gasteiger partial charge < -0.3 is 20.2 Å². The summed E-state index contributed by atoms with van der Waals surface area (Å²) in [6, 6.07) is 0.990. The van der Waals surface area contributed by atoms with Crippen LogP contribution in [0.1, 0.15) is 33.1 Å². The molecule has 2 aliphatic rings. The molecule has 5 nitrogen and oxygen atoms in total. The zero-order valence-electron chi connectivity index (χ0n) is 12.5. The van der Waals surface area contributed by atoms with Crippen LogP contribution in [0, 0.1) is 5.41 Å². The zero-order chi connectivity index (χ0) is 14.2. The second-order valence-corrected chi connectivity index (χ2v) is 6.73. The van der Waals surface area contributed by atoms with E-state index in [1.165, 1.54) is 0 Å². The molecule has 2 rings (SSSR count). The molecule has 0 radical (unpaired) electrons. The molecule has 2 unspecified atom stereocenters. The van der Waals surface area contributed by atoms with E-state index in [-0.39, 0.29) is 17.6 Å². The van der Waals surface area contributed by atoms with Gasteiger partial charge in [-0.1, -0.05) is 13.8 Å². The number of carbonyl (C=O) groups excluding carboxylic acids is 1. The molecule has 0 aromatic carbocycles. The lowest BCUT2D eigenvalue weighted by atomic mass is 9.64. The highest BCUT2D eigenvalue weighted by Gasteiger charge is 2.47. The first-order chi connectivity index (χ1) is 8.82.